The molecule has 1 aliphatic carbocycles. The summed E-state index contributed by atoms with van der Waals surface area (Å²) in [6, 6.07) is 16.5. The van der Waals surface area contributed by atoms with Crippen LogP contribution < -0.4 is 10.0 Å². The number of hydrogen-bond donors (Lipinski definition) is 3. The molecule has 2 aliphatic rings. The minimum absolute atomic E-state index is 0.0267. The van der Waals surface area contributed by atoms with Gasteiger partial charge in [0, 0.05) is 16.6 Å². The van der Waals surface area contributed by atoms with E-state index >= 15 is 0 Å². The van der Waals surface area contributed by atoms with Crippen molar-refractivity contribution < 1.29 is 18.3 Å². The molecular formula is C25H20Cl2N2O4S. The predicted octanol–water partition coefficient (Wildman–Crippen LogP) is 6.32. The maximum Gasteiger partial charge on any atom is 0.335 e. The number of carboxylic acid groups (broad SMARTS) is 1. The summed E-state index contributed by atoms with van der Waals surface area (Å²) in [7, 11) is -3.89. The van der Waals surface area contributed by atoms with E-state index in [1.165, 1.54) is 12.1 Å². The van der Waals surface area contributed by atoms with E-state index in [1.54, 1.807) is 36.4 Å². The normalized spacial score (nSPS) is 20.8. The monoisotopic (exact) mass is 514 g/mol. The van der Waals surface area contributed by atoms with Crippen molar-refractivity contribution in [1.82, 2.24) is 0 Å². The van der Waals surface area contributed by atoms with Gasteiger partial charge in [-0.05, 0) is 72.0 Å². The van der Waals surface area contributed by atoms with Crippen LogP contribution in [0.5, 0.6) is 0 Å². The standard InChI is InChI=1S/C25H20Cl2N2O4S/c26-16-8-10-21(27)23(12-16)29-34(32,33)17-9-11-22-20(13-17)18-2-1-3-19(18)24(28-22)14-4-6-15(7-5-14)25(30)31/h1-2,4-13,18-19,24,28-29H,3H2,(H,30,31). The van der Waals surface area contributed by atoms with Crippen molar-refractivity contribution in [2.45, 2.75) is 23.3 Å². The van der Waals surface area contributed by atoms with Crippen molar-refractivity contribution in [3.63, 3.8) is 0 Å². The van der Waals surface area contributed by atoms with Crippen LogP contribution in [0, 0.1) is 5.92 Å². The first-order chi connectivity index (χ1) is 16.2. The van der Waals surface area contributed by atoms with Crippen molar-refractivity contribution in [2.24, 2.45) is 5.92 Å². The van der Waals surface area contributed by atoms with E-state index in [4.69, 9.17) is 23.2 Å². The summed E-state index contributed by atoms with van der Waals surface area (Å²) in [6.07, 6.45) is 5.05. The van der Waals surface area contributed by atoms with Gasteiger partial charge in [-0.2, -0.15) is 0 Å². The highest BCUT2D eigenvalue weighted by Crippen LogP contribution is 2.50. The summed E-state index contributed by atoms with van der Waals surface area (Å²) in [5, 5.41) is 13.3. The zero-order chi connectivity index (χ0) is 24.0. The average Bonchev–Trinajstić information content (AvgIpc) is 3.31. The van der Waals surface area contributed by atoms with Crippen molar-refractivity contribution in [1.29, 1.82) is 0 Å². The lowest BCUT2D eigenvalue weighted by Crippen LogP contribution is -2.29. The zero-order valence-electron chi connectivity index (χ0n) is 17.7. The number of fused-ring (bicyclic) bond motifs is 3. The summed E-state index contributed by atoms with van der Waals surface area (Å²) in [6.45, 7) is 0. The first-order valence-electron chi connectivity index (χ1n) is 10.6. The number of sulfonamides is 1. The Morgan fingerprint density at radius 3 is 2.53 bits per heavy atom. The van der Waals surface area contributed by atoms with E-state index in [1.807, 2.05) is 12.1 Å². The Morgan fingerprint density at radius 1 is 1.03 bits per heavy atom. The van der Waals surface area contributed by atoms with Crippen LogP contribution >= 0.6 is 23.2 Å². The molecule has 0 bridgehead atoms. The van der Waals surface area contributed by atoms with Crippen molar-refractivity contribution >= 4 is 50.6 Å². The average molecular weight is 515 g/mol. The fourth-order valence-corrected chi connectivity index (χ4v) is 6.18. The van der Waals surface area contributed by atoms with Gasteiger partial charge < -0.3 is 10.4 Å². The SMILES string of the molecule is O=C(O)c1ccc(C2Nc3ccc(S(=O)(=O)Nc4cc(Cl)ccc4Cl)cc3C3C=CCC32)cc1. The minimum atomic E-state index is -3.89. The maximum absolute atomic E-state index is 13.1. The number of benzene rings is 3. The molecule has 1 aliphatic heterocycles. The van der Waals surface area contributed by atoms with Crippen LogP contribution in [0.15, 0.2) is 77.7 Å². The van der Waals surface area contributed by atoms with Gasteiger partial charge in [-0.15, -0.1) is 0 Å². The number of anilines is 2. The summed E-state index contributed by atoms with van der Waals surface area (Å²) in [4.78, 5) is 11.3. The molecule has 0 saturated carbocycles. The highest BCUT2D eigenvalue weighted by molar-refractivity contribution is 7.92. The van der Waals surface area contributed by atoms with Crippen molar-refractivity contribution in [2.75, 3.05) is 10.0 Å². The second-order valence-electron chi connectivity index (χ2n) is 8.38. The first kappa shape index (κ1) is 22.8. The van der Waals surface area contributed by atoms with Gasteiger partial charge in [0.05, 0.1) is 27.2 Å². The number of carbonyl (C=O) groups is 1. The van der Waals surface area contributed by atoms with Crippen LogP contribution in [0.25, 0.3) is 0 Å². The van der Waals surface area contributed by atoms with Gasteiger partial charge >= 0.3 is 5.97 Å². The van der Waals surface area contributed by atoms with E-state index in [2.05, 4.69) is 22.2 Å². The van der Waals surface area contributed by atoms with Gasteiger partial charge in [-0.1, -0.05) is 47.5 Å². The summed E-state index contributed by atoms with van der Waals surface area (Å²) < 4.78 is 28.8. The van der Waals surface area contributed by atoms with Gasteiger partial charge in [0.15, 0.2) is 0 Å². The Labute approximate surface area is 207 Å². The lowest BCUT2D eigenvalue weighted by atomic mass is 9.77. The third-order valence-corrected chi connectivity index (χ3v) is 8.26. The number of rotatable bonds is 5. The molecule has 3 aromatic carbocycles. The van der Waals surface area contributed by atoms with Crippen molar-refractivity contribution in [3.05, 3.63) is 99.6 Å². The molecule has 9 heteroatoms. The molecule has 0 spiro atoms. The Bertz CT molecular complexity index is 1420. The smallest absolute Gasteiger partial charge is 0.335 e. The quantitative estimate of drug-likeness (QED) is 0.346. The number of halogens is 2. The van der Waals surface area contributed by atoms with Crippen LogP contribution in [0.3, 0.4) is 0 Å². The zero-order valence-corrected chi connectivity index (χ0v) is 20.0. The Kier molecular flexibility index (Phi) is 5.80. The van der Waals surface area contributed by atoms with Gasteiger partial charge in [0.2, 0.25) is 0 Å². The number of nitrogens with one attached hydrogen (secondary N) is 2. The highest BCUT2D eigenvalue weighted by Gasteiger charge is 2.38. The van der Waals surface area contributed by atoms with Crippen LogP contribution in [-0.4, -0.2) is 19.5 Å². The second-order valence-corrected chi connectivity index (χ2v) is 10.9. The van der Waals surface area contributed by atoms with E-state index in [0.29, 0.717) is 5.02 Å². The minimum Gasteiger partial charge on any atom is -0.478 e. The van der Waals surface area contributed by atoms with Crippen LogP contribution in [0.1, 0.15) is 39.9 Å². The molecule has 1 heterocycles. The lowest BCUT2D eigenvalue weighted by molar-refractivity contribution is 0.0697. The lowest BCUT2D eigenvalue weighted by Gasteiger charge is -2.37. The van der Waals surface area contributed by atoms with E-state index in [0.717, 1.165) is 23.2 Å². The predicted molar refractivity (Wildman–Crippen MR) is 133 cm³/mol. The van der Waals surface area contributed by atoms with Gasteiger partial charge in [-0.3, -0.25) is 4.72 Å². The molecule has 0 amide bonds. The van der Waals surface area contributed by atoms with E-state index < -0.39 is 16.0 Å². The van der Waals surface area contributed by atoms with Gasteiger partial charge in [-0.25, -0.2) is 13.2 Å². The molecule has 0 saturated heterocycles. The third kappa shape index (κ3) is 4.15. The van der Waals surface area contributed by atoms with E-state index in [9.17, 15) is 18.3 Å². The molecule has 6 nitrogen and oxygen atoms in total. The molecule has 3 N–H and O–H groups in total. The molecular weight excluding hydrogens is 495 g/mol. The second kappa shape index (κ2) is 8.65. The fraction of sp³-hybridized carbons (Fsp3) is 0.160. The molecule has 3 unspecified atom stereocenters. The van der Waals surface area contributed by atoms with Crippen LogP contribution in [0.4, 0.5) is 11.4 Å². The molecule has 0 aromatic heterocycles. The molecule has 5 rings (SSSR count). The van der Waals surface area contributed by atoms with Gasteiger partial charge in [0.25, 0.3) is 10.0 Å². The Morgan fingerprint density at radius 2 is 1.79 bits per heavy atom. The molecule has 0 fully saturated rings. The first-order valence-corrected chi connectivity index (χ1v) is 12.8. The number of hydrogen-bond acceptors (Lipinski definition) is 4. The third-order valence-electron chi connectivity index (χ3n) is 6.33. The fourth-order valence-electron chi connectivity index (χ4n) is 4.68. The summed E-state index contributed by atoms with van der Waals surface area (Å²) >= 11 is 12.1. The molecule has 34 heavy (non-hydrogen) atoms. The topological polar surface area (TPSA) is 95.5 Å². The Hall–Kier alpha value is -3.00. The maximum atomic E-state index is 13.1. The van der Waals surface area contributed by atoms with E-state index in [-0.39, 0.29) is 39.0 Å². The number of allylic oxidation sites excluding steroid dienone is 2. The number of aromatic carboxylic acids is 1. The summed E-state index contributed by atoms with van der Waals surface area (Å²) in [5.74, 6) is -0.753. The van der Waals surface area contributed by atoms with Crippen LogP contribution in [-0.2, 0) is 10.0 Å². The van der Waals surface area contributed by atoms with Crippen LogP contribution in [0.2, 0.25) is 10.0 Å². The molecule has 3 atom stereocenters. The largest absolute Gasteiger partial charge is 0.478 e. The number of carboxylic acids is 1. The summed E-state index contributed by atoms with van der Waals surface area (Å²) in [5.41, 5.74) is 3.19. The van der Waals surface area contributed by atoms with Crippen molar-refractivity contribution in [3.8, 4) is 0 Å². The molecule has 3 aromatic rings. The Balaban J connectivity index is 1.47. The molecule has 0 radical (unpaired) electrons. The highest BCUT2D eigenvalue weighted by atomic mass is 35.5. The molecule has 174 valence electrons. The van der Waals surface area contributed by atoms with Gasteiger partial charge in [0.1, 0.15) is 0 Å².